The van der Waals surface area contributed by atoms with Crippen LogP contribution in [0.2, 0.25) is 0 Å². The first-order valence-corrected chi connectivity index (χ1v) is 7.55. The number of hydrogen-bond acceptors (Lipinski definition) is 4. The molecule has 106 valence electrons. The standard InChI is InChI=1S/C14H16N2O3S/c1-11-3-6-13(7-4-11)20(17,18)16-10-12-5-8-14(19-2)15-9-12/h3-9,16H,10H2,1-2H3. The van der Waals surface area contributed by atoms with Gasteiger partial charge >= 0.3 is 0 Å². The number of ether oxygens (including phenoxy) is 1. The third-order valence-corrected chi connectivity index (χ3v) is 4.22. The van der Waals surface area contributed by atoms with Gasteiger partial charge in [-0.05, 0) is 24.6 Å². The van der Waals surface area contributed by atoms with E-state index in [0.29, 0.717) is 5.88 Å². The van der Waals surface area contributed by atoms with Crippen molar-refractivity contribution in [2.75, 3.05) is 7.11 Å². The fourth-order valence-corrected chi connectivity index (χ4v) is 2.63. The lowest BCUT2D eigenvalue weighted by atomic mass is 10.2. The molecule has 1 heterocycles. The quantitative estimate of drug-likeness (QED) is 0.913. The Bertz CT molecular complexity index is 665. The SMILES string of the molecule is COc1ccc(CNS(=O)(=O)c2ccc(C)cc2)cn1. The number of nitrogens with one attached hydrogen (secondary N) is 1. The monoisotopic (exact) mass is 292 g/mol. The predicted molar refractivity (Wildman–Crippen MR) is 76.0 cm³/mol. The molecule has 6 heteroatoms. The number of pyridine rings is 1. The smallest absolute Gasteiger partial charge is 0.240 e. The van der Waals surface area contributed by atoms with Gasteiger partial charge in [-0.15, -0.1) is 0 Å². The van der Waals surface area contributed by atoms with Gasteiger partial charge in [0.1, 0.15) is 0 Å². The Morgan fingerprint density at radius 2 is 1.85 bits per heavy atom. The van der Waals surface area contributed by atoms with Crippen molar-refractivity contribution in [1.29, 1.82) is 0 Å². The molecule has 0 unspecified atom stereocenters. The van der Waals surface area contributed by atoms with Crippen molar-refractivity contribution in [3.63, 3.8) is 0 Å². The molecule has 0 aliphatic rings. The van der Waals surface area contributed by atoms with Crippen LogP contribution in [-0.2, 0) is 16.6 Å². The van der Waals surface area contributed by atoms with E-state index in [4.69, 9.17) is 4.74 Å². The second-order valence-electron chi connectivity index (χ2n) is 4.35. The number of sulfonamides is 1. The van der Waals surface area contributed by atoms with Crippen LogP contribution in [0.1, 0.15) is 11.1 Å². The summed E-state index contributed by atoms with van der Waals surface area (Å²) in [7, 11) is -1.97. The van der Waals surface area contributed by atoms with Crippen LogP contribution in [0.4, 0.5) is 0 Å². The molecule has 0 saturated heterocycles. The summed E-state index contributed by atoms with van der Waals surface area (Å²) in [6, 6.07) is 10.2. The van der Waals surface area contributed by atoms with Gasteiger partial charge in [0.2, 0.25) is 15.9 Å². The molecule has 2 aromatic rings. The van der Waals surface area contributed by atoms with E-state index in [1.54, 1.807) is 42.6 Å². The zero-order chi connectivity index (χ0) is 14.6. The molecular formula is C14H16N2O3S. The molecule has 0 atom stereocenters. The molecule has 1 aromatic carbocycles. The largest absolute Gasteiger partial charge is 0.481 e. The Morgan fingerprint density at radius 1 is 1.15 bits per heavy atom. The van der Waals surface area contributed by atoms with Crippen LogP contribution in [0.15, 0.2) is 47.5 Å². The first kappa shape index (κ1) is 14.5. The molecule has 0 bridgehead atoms. The lowest BCUT2D eigenvalue weighted by Gasteiger charge is -2.07. The third-order valence-electron chi connectivity index (χ3n) is 2.80. The number of hydrogen-bond donors (Lipinski definition) is 1. The second kappa shape index (κ2) is 6.02. The van der Waals surface area contributed by atoms with Gasteiger partial charge in [-0.1, -0.05) is 23.8 Å². The van der Waals surface area contributed by atoms with Gasteiger partial charge in [0, 0.05) is 18.8 Å². The highest BCUT2D eigenvalue weighted by molar-refractivity contribution is 7.89. The molecular weight excluding hydrogens is 276 g/mol. The molecule has 0 radical (unpaired) electrons. The van der Waals surface area contributed by atoms with Crippen LogP contribution in [0.3, 0.4) is 0 Å². The molecule has 0 spiro atoms. The van der Waals surface area contributed by atoms with Crippen molar-refractivity contribution in [3.05, 3.63) is 53.7 Å². The maximum Gasteiger partial charge on any atom is 0.240 e. The molecule has 0 fully saturated rings. The Balaban J connectivity index is 2.06. The maximum absolute atomic E-state index is 12.1. The Labute approximate surface area is 118 Å². The molecule has 5 nitrogen and oxygen atoms in total. The van der Waals surface area contributed by atoms with Gasteiger partial charge in [0.15, 0.2) is 0 Å². The van der Waals surface area contributed by atoms with E-state index in [1.165, 1.54) is 7.11 Å². The maximum atomic E-state index is 12.1. The minimum Gasteiger partial charge on any atom is -0.481 e. The summed E-state index contributed by atoms with van der Waals surface area (Å²) in [4.78, 5) is 4.28. The molecule has 2 rings (SSSR count). The van der Waals surface area contributed by atoms with E-state index >= 15 is 0 Å². The average Bonchev–Trinajstić information content (AvgIpc) is 2.46. The van der Waals surface area contributed by atoms with Crippen molar-refractivity contribution in [3.8, 4) is 5.88 Å². The molecule has 0 aliphatic heterocycles. The predicted octanol–water partition coefficient (Wildman–Crippen LogP) is 1.88. The zero-order valence-electron chi connectivity index (χ0n) is 11.3. The van der Waals surface area contributed by atoms with Crippen LogP contribution in [0.25, 0.3) is 0 Å². The van der Waals surface area contributed by atoms with Crippen molar-refractivity contribution >= 4 is 10.0 Å². The minimum atomic E-state index is -3.50. The lowest BCUT2D eigenvalue weighted by Crippen LogP contribution is -2.23. The van der Waals surface area contributed by atoms with Gasteiger partial charge in [-0.25, -0.2) is 18.1 Å². The van der Waals surface area contributed by atoms with Crippen molar-refractivity contribution < 1.29 is 13.2 Å². The second-order valence-corrected chi connectivity index (χ2v) is 6.11. The number of methoxy groups -OCH3 is 1. The van der Waals surface area contributed by atoms with E-state index in [-0.39, 0.29) is 11.4 Å². The minimum absolute atomic E-state index is 0.188. The first-order chi connectivity index (χ1) is 9.51. The van der Waals surface area contributed by atoms with Gasteiger partial charge in [-0.2, -0.15) is 0 Å². The topological polar surface area (TPSA) is 68.3 Å². The van der Waals surface area contributed by atoms with Gasteiger partial charge in [0.25, 0.3) is 0 Å². The van der Waals surface area contributed by atoms with Gasteiger partial charge in [0.05, 0.1) is 12.0 Å². The Morgan fingerprint density at radius 3 is 2.40 bits per heavy atom. The summed E-state index contributed by atoms with van der Waals surface area (Å²) < 4.78 is 31.7. The average molecular weight is 292 g/mol. The molecule has 0 saturated carbocycles. The summed E-state index contributed by atoms with van der Waals surface area (Å²) >= 11 is 0. The first-order valence-electron chi connectivity index (χ1n) is 6.06. The molecule has 0 amide bonds. The number of aromatic nitrogens is 1. The number of aryl methyl sites for hydroxylation is 1. The highest BCUT2D eigenvalue weighted by Crippen LogP contribution is 2.11. The van der Waals surface area contributed by atoms with Gasteiger partial charge < -0.3 is 4.74 Å². The highest BCUT2D eigenvalue weighted by atomic mass is 32.2. The van der Waals surface area contributed by atoms with Crippen LogP contribution in [0, 0.1) is 6.92 Å². The van der Waals surface area contributed by atoms with Crippen LogP contribution >= 0.6 is 0 Å². The van der Waals surface area contributed by atoms with Crippen molar-refractivity contribution in [2.45, 2.75) is 18.4 Å². The summed E-state index contributed by atoms with van der Waals surface area (Å²) in [5.74, 6) is 0.496. The molecule has 1 aromatic heterocycles. The highest BCUT2D eigenvalue weighted by Gasteiger charge is 2.13. The van der Waals surface area contributed by atoms with E-state index in [9.17, 15) is 8.42 Å². The fraction of sp³-hybridized carbons (Fsp3) is 0.214. The summed E-state index contributed by atoms with van der Waals surface area (Å²) in [5, 5.41) is 0. The Kier molecular flexibility index (Phi) is 4.36. The van der Waals surface area contributed by atoms with Crippen molar-refractivity contribution in [1.82, 2.24) is 9.71 Å². The number of benzene rings is 1. The molecule has 0 aliphatic carbocycles. The summed E-state index contributed by atoms with van der Waals surface area (Å²) in [6.45, 7) is 2.10. The van der Waals surface area contributed by atoms with E-state index in [0.717, 1.165) is 11.1 Å². The zero-order valence-corrected chi connectivity index (χ0v) is 12.1. The lowest BCUT2D eigenvalue weighted by molar-refractivity contribution is 0.397. The molecule has 20 heavy (non-hydrogen) atoms. The van der Waals surface area contributed by atoms with Crippen LogP contribution < -0.4 is 9.46 Å². The van der Waals surface area contributed by atoms with E-state index in [1.807, 2.05) is 6.92 Å². The van der Waals surface area contributed by atoms with E-state index < -0.39 is 10.0 Å². The van der Waals surface area contributed by atoms with Crippen LogP contribution in [-0.4, -0.2) is 20.5 Å². The molecule has 1 N–H and O–H groups in total. The number of nitrogens with zero attached hydrogens (tertiary/aromatic N) is 1. The van der Waals surface area contributed by atoms with E-state index in [2.05, 4.69) is 9.71 Å². The Hall–Kier alpha value is -1.92. The van der Waals surface area contributed by atoms with Crippen molar-refractivity contribution in [2.24, 2.45) is 0 Å². The van der Waals surface area contributed by atoms with Gasteiger partial charge in [-0.3, -0.25) is 0 Å². The summed E-state index contributed by atoms with van der Waals surface area (Å²) in [6.07, 6.45) is 1.58. The van der Waals surface area contributed by atoms with Crippen LogP contribution in [0.5, 0.6) is 5.88 Å². The number of rotatable bonds is 5. The summed E-state index contributed by atoms with van der Waals surface area (Å²) in [5.41, 5.74) is 1.78. The fourth-order valence-electron chi connectivity index (χ4n) is 1.62. The normalized spacial score (nSPS) is 11.3. The third kappa shape index (κ3) is 3.55.